The molecule has 0 atom stereocenters. The quantitative estimate of drug-likeness (QED) is 0.292. The molecule has 0 unspecified atom stereocenters. The number of rotatable bonds is 6. The first-order valence-electron chi connectivity index (χ1n) is 11.0. The highest BCUT2D eigenvalue weighted by atomic mass is 35.5. The van der Waals surface area contributed by atoms with Crippen molar-refractivity contribution >= 4 is 28.5 Å². The number of halogens is 1. The van der Waals surface area contributed by atoms with Crippen LogP contribution >= 0.6 is 11.6 Å². The fourth-order valence-corrected chi connectivity index (χ4v) is 4.59. The summed E-state index contributed by atoms with van der Waals surface area (Å²) in [5.41, 5.74) is 3.92. The van der Waals surface area contributed by atoms with E-state index < -0.39 is 5.91 Å². The Morgan fingerprint density at radius 1 is 1.03 bits per heavy atom. The van der Waals surface area contributed by atoms with E-state index in [1.54, 1.807) is 12.1 Å². The molecule has 0 saturated heterocycles. The lowest BCUT2D eigenvalue weighted by atomic mass is 10.1. The summed E-state index contributed by atoms with van der Waals surface area (Å²) in [6.45, 7) is 0.457. The SMILES string of the molecule is O=NC(=O)c1ccc2c(c1)nc(-c1ccc(OCc3ccc(Cl)cc3)cc1)n2C1CCCC1. The topological polar surface area (TPSA) is 73.6 Å². The van der Waals surface area contributed by atoms with Gasteiger partial charge >= 0.3 is 5.91 Å². The van der Waals surface area contributed by atoms with Gasteiger partial charge in [0.05, 0.1) is 11.0 Å². The van der Waals surface area contributed by atoms with Crippen LogP contribution in [0.4, 0.5) is 0 Å². The van der Waals surface area contributed by atoms with Crippen molar-refractivity contribution in [2.24, 2.45) is 5.18 Å². The Bertz CT molecular complexity index is 1310. The Kier molecular flexibility index (Phi) is 5.92. The number of hydrogen-bond acceptors (Lipinski definition) is 4. The maximum absolute atomic E-state index is 11.8. The Labute approximate surface area is 196 Å². The number of aromatic nitrogens is 2. The number of imidazole rings is 1. The van der Waals surface area contributed by atoms with Crippen molar-refractivity contribution in [3.8, 4) is 17.1 Å². The fourth-order valence-electron chi connectivity index (χ4n) is 4.47. The van der Waals surface area contributed by atoms with Gasteiger partial charge in [-0.2, -0.15) is 0 Å². The Morgan fingerprint density at radius 2 is 1.76 bits per heavy atom. The van der Waals surface area contributed by atoms with Crippen LogP contribution in [0.1, 0.15) is 47.6 Å². The fraction of sp³-hybridized carbons (Fsp3) is 0.231. The molecule has 1 aliphatic carbocycles. The number of ether oxygens (including phenoxy) is 1. The van der Waals surface area contributed by atoms with Gasteiger partial charge < -0.3 is 9.30 Å². The number of carbonyl (C=O) groups is 1. The Balaban J connectivity index is 1.46. The van der Waals surface area contributed by atoms with Crippen molar-refractivity contribution in [3.63, 3.8) is 0 Å². The minimum Gasteiger partial charge on any atom is -0.489 e. The molecule has 4 aromatic rings. The Morgan fingerprint density at radius 3 is 2.45 bits per heavy atom. The molecule has 3 aromatic carbocycles. The second kappa shape index (κ2) is 9.16. The van der Waals surface area contributed by atoms with Gasteiger partial charge in [-0.3, -0.25) is 4.79 Å². The van der Waals surface area contributed by atoms with Gasteiger partial charge in [-0.1, -0.05) is 36.6 Å². The predicted molar refractivity (Wildman–Crippen MR) is 129 cm³/mol. The van der Waals surface area contributed by atoms with Crippen LogP contribution in [0.5, 0.6) is 5.75 Å². The average Bonchev–Trinajstić information content (AvgIpc) is 3.51. The molecule has 1 heterocycles. The van der Waals surface area contributed by atoms with E-state index >= 15 is 0 Å². The molecule has 1 aliphatic rings. The molecule has 166 valence electrons. The normalized spacial score (nSPS) is 14.0. The van der Waals surface area contributed by atoms with E-state index in [-0.39, 0.29) is 5.56 Å². The Hall–Kier alpha value is -3.51. The summed E-state index contributed by atoms with van der Waals surface area (Å²) in [6, 6.07) is 21.0. The number of fused-ring (bicyclic) bond motifs is 1. The van der Waals surface area contributed by atoms with Crippen molar-refractivity contribution in [2.75, 3.05) is 0 Å². The second-order valence-corrected chi connectivity index (χ2v) is 8.72. The lowest BCUT2D eigenvalue weighted by Gasteiger charge is -2.17. The molecular formula is C26H22ClN3O3. The number of amides is 1. The maximum Gasteiger partial charge on any atom is 0.316 e. The van der Waals surface area contributed by atoms with E-state index in [9.17, 15) is 9.70 Å². The van der Waals surface area contributed by atoms with Crippen molar-refractivity contribution in [2.45, 2.75) is 38.3 Å². The van der Waals surface area contributed by atoms with Crippen molar-refractivity contribution in [1.29, 1.82) is 0 Å². The highest BCUT2D eigenvalue weighted by molar-refractivity contribution is 6.30. The van der Waals surface area contributed by atoms with E-state index in [0.717, 1.165) is 41.1 Å². The maximum atomic E-state index is 11.8. The molecule has 0 radical (unpaired) electrons. The molecule has 0 bridgehead atoms. The van der Waals surface area contributed by atoms with Crippen LogP contribution in [0.25, 0.3) is 22.4 Å². The molecule has 33 heavy (non-hydrogen) atoms. The van der Waals surface area contributed by atoms with Crippen molar-refractivity contribution in [3.05, 3.63) is 87.8 Å². The third-order valence-electron chi connectivity index (χ3n) is 6.14. The number of nitroso groups, excluding NO2 is 1. The smallest absolute Gasteiger partial charge is 0.316 e. The molecule has 5 rings (SSSR count). The largest absolute Gasteiger partial charge is 0.489 e. The lowest BCUT2D eigenvalue weighted by molar-refractivity contribution is 0.100. The highest BCUT2D eigenvalue weighted by Crippen LogP contribution is 2.37. The monoisotopic (exact) mass is 459 g/mol. The number of carbonyl (C=O) groups excluding carboxylic acids is 1. The van der Waals surface area contributed by atoms with Crippen molar-refractivity contribution in [1.82, 2.24) is 9.55 Å². The van der Waals surface area contributed by atoms with Gasteiger partial charge in [-0.15, -0.1) is 4.91 Å². The summed E-state index contributed by atoms with van der Waals surface area (Å²) in [5.74, 6) is 0.836. The summed E-state index contributed by atoms with van der Waals surface area (Å²) in [4.78, 5) is 27.3. The zero-order valence-electron chi connectivity index (χ0n) is 17.9. The van der Waals surface area contributed by atoms with Crippen LogP contribution in [0.3, 0.4) is 0 Å². The molecule has 0 aliphatic heterocycles. The number of nitrogens with zero attached hydrogens (tertiary/aromatic N) is 3. The summed E-state index contributed by atoms with van der Waals surface area (Å²) < 4.78 is 8.19. The summed E-state index contributed by atoms with van der Waals surface area (Å²) in [7, 11) is 0. The summed E-state index contributed by atoms with van der Waals surface area (Å²) >= 11 is 5.94. The molecule has 7 heteroatoms. The van der Waals surface area contributed by atoms with Crippen LogP contribution in [0, 0.1) is 4.91 Å². The van der Waals surface area contributed by atoms with E-state index in [0.29, 0.717) is 23.2 Å². The van der Waals surface area contributed by atoms with Gasteiger partial charge in [0.1, 0.15) is 18.2 Å². The van der Waals surface area contributed by atoms with Gasteiger partial charge in [0.15, 0.2) is 0 Å². The second-order valence-electron chi connectivity index (χ2n) is 8.28. The minimum absolute atomic E-state index is 0.256. The first-order valence-corrected chi connectivity index (χ1v) is 11.4. The zero-order chi connectivity index (χ0) is 22.8. The third-order valence-corrected chi connectivity index (χ3v) is 6.39. The molecule has 1 amide bonds. The standard InChI is InChI=1S/C26H22ClN3O3/c27-20-10-5-17(6-11-20)16-33-22-12-7-18(8-13-22)25-28-23-15-19(26(31)29-32)9-14-24(23)30(25)21-3-1-2-4-21/h5-15,21H,1-4,16H2. The first kappa shape index (κ1) is 21.3. The van der Waals surface area contributed by atoms with Gasteiger partial charge in [-0.05, 0) is 73.0 Å². The summed E-state index contributed by atoms with van der Waals surface area (Å²) in [6.07, 6.45) is 4.56. The number of hydrogen-bond donors (Lipinski definition) is 0. The molecule has 6 nitrogen and oxygen atoms in total. The zero-order valence-corrected chi connectivity index (χ0v) is 18.7. The van der Waals surface area contributed by atoms with Gasteiger partial charge in [0.2, 0.25) is 0 Å². The van der Waals surface area contributed by atoms with Gasteiger partial charge in [0.25, 0.3) is 0 Å². The van der Waals surface area contributed by atoms with E-state index in [4.69, 9.17) is 21.3 Å². The molecule has 0 spiro atoms. The van der Waals surface area contributed by atoms with Crippen LogP contribution in [-0.2, 0) is 6.61 Å². The van der Waals surface area contributed by atoms with Crippen LogP contribution in [0.2, 0.25) is 5.02 Å². The van der Waals surface area contributed by atoms with Crippen LogP contribution in [0.15, 0.2) is 71.9 Å². The first-order chi connectivity index (χ1) is 16.1. The van der Waals surface area contributed by atoms with Crippen molar-refractivity contribution < 1.29 is 9.53 Å². The predicted octanol–water partition coefficient (Wildman–Crippen LogP) is 6.96. The van der Waals surface area contributed by atoms with E-state index in [1.807, 2.05) is 54.6 Å². The molecule has 1 aromatic heterocycles. The molecule has 1 saturated carbocycles. The molecule has 1 fully saturated rings. The lowest BCUT2D eigenvalue weighted by Crippen LogP contribution is -2.06. The molecule has 0 N–H and O–H groups in total. The number of benzene rings is 3. The summed E-state index contributed by atoms with van der Waals surface area (Å²) in [5, 5.41) is 3.24. The van der Waals surface area contributed by atoms with E-state index in [1.165, 1.54) is 12.8 Å². The van der Waals surface area contributed by atoms with Crippen LogP contribution < -0.4 is 4.74 Å². The van der Waals surface area contributed by atoms with Crippen LogP contribution in [-0.4, -0.2) is 15.5 Å². The van der Waals surface area contributed by atoms with Gasteiger partial charge in [-0.25, -0.2) is 4.98 Å². The average molecular weight is 460 g/mol. The van der Waals surface area contributed by atoms with E-state index in [2.05, 4.69) is 9.74 Å². The highest BCUT2D eigenvalue weighted by Gasteiger charge is 2.24. The third kappa shape index (κ3) is 4.39. The minimum atomic E-state index is -0.781. The van der Waals surface area contributed by atoms with Gasteiger partial charge in [0, 0.05) is 27.4 Å². The molecular weight excluding hydrogens is 438 g/mol.